The SMILES string of the molecule is O=C(c1ccccc1C(=O)c1ccc(O)c(O)c1O)c1ccc(O)c(O)c1O. The van der Waals surface area contributed by atoms with Gasteiger partial charge in [-0.1, -0.05) is 24.3 Å². The van der Waals surface area contributed by atoms with Crippen molar-refractivity contribution in [2.45, 2.75) is 0 Å². The summed E-state index contributed by atoms with van der Waals surface area (Å²) in [6, 6.07) is 9.72. The molecule has 142 valence electrons. The topological polar surface area (TPSA) is 156 Å². The van der Waals surface area contributed by atoms with E-state index in [9.17, 15) is 40.2 Å². The van der Waals surface area contributed by atoms with Gasteiger partial charge in [0.25, 0.3) is 0 Å². The van der Waals surface area contributed by atoms with E-state index in [2.05, 4.69) is 0 Å². The van der Waals surface area contributed by atoms with Gasteiger partial charge >= 0.3 is 0 Å². The van der Waals surface area contributed by atoms with Crippen LogP contribution in [0.4, 0.5) is 0 Å². The maximum atomic E-state index is 12.8. The summed E-state index contributed by atoms with van der Waals surface area (Å²) in [6.45, 7) is 0. The minimum atomic E-state index is -0.879. The van der Waals surface area contributed by atoms with Gasteiger partial charge in [0, 0.05) is 11.1 Å². The lowest BCUT2D eigenvalue weighted by molar-refractivity contribution is 0.0999. The molecule has 3 aromatic rings. The highest BCUT2D eigenvalue weighted by atomic mass is 16.3. The normalized spacial score (nSPS) is 10.6. The Morgan fingerprint density at radius 2 is 0.821 bits per heavy atom. The molecular formula is C20H14O8. The van der Waals surface area contributed by atoms with Gasteiger partial charge in [0.05, 0.1) is 11.1 Å². The zero-order chi connectivity index (χ0) is 20.6. The summed E-state index contributed by atoms with van der Waals surface area (Å²) in [5, 5.41) is 58.0. The second-order valence-electron chi connectivity index (χ2n) is 5.86. The molecule has 0 aliphatic rings. The molecule has 8 heteroatoms. The Kier molecular flexibility index (Phi) is 4.54. The van der Waals surface area contributed by atoms with Gasteiger partial charge < -0.3 is 30.6 Å². The van der Waals surface area contributed by atoms with E-state index in [-0.39, 0.29) is 22.3 Å². The third kappa shape index (κ3) is 2.92. The lowest BCUT2D eigenvalue weighted by atomic mass is 9.92. The van der Waals surface area contributed by atoms with Crippen LogP contribution >= 0.6 is 0 Å². The fraction of sp³-hybridized carbons (Fsp3) is 0. The van der Waals surface area contributed by atoms with Crippen molar-refractivity contribution in [3.63, 3.8) is 0 Å². The highest BCUT2D eigenvalue weighted by molar-refractivity contribution is 6.21. The molecule has 0 atom stereocenters. The maximum absolute atomic E-state index is 12.8. The zero-order valence-electron chi connectivity index (χ0n) is 14.1. The van der Waals surface area contributed by atoms with Gasteiger partial charge in [-0.05, 0) is 24.3 Å². The summed E-state index contributed by atoms with van der Waals surface area (Å²) in [4.78, 5) is 25.7. The van der Waals surface area contributed by atoms with Crippen molar-refractivity contribution in [2.24, 2.45) is 0 Å². The average Bonchev–Trinajstić information content (AvgIpc) is 2.69. The van der Waals surface area contributed by atoms with Gasteiger partial charge in [0.15, 0.2) is 34.6 Å². The number of phenolic OH excluding ortho intramolecular Hbond substituents is 6. The summed E-state index contributed by atoms with van der Waals surface area (Å²) in [6.07, 6.45) is 0. The predicted molar refractivity (Wildman–Crippen MR) is 96.2 cm³/mol. The molecule has 3 aromatic carbocycles. The number of hydrogen-bond donors (Lipinski definition) is 6. The molecule has 0 saturated carbocycles. The predicted octanol–water partition coefficient (Wildman–Crippen LogP) is 2.38. The highest BCUT2D eigenvalue weighted by Crippen LogP contribution is 2.40. The van der Waals surface area contributed by atoms with E-state index >= 15 is 0 Å². The molecule has 0 amide bonds. The Labute approximate surface area is 157 Å². The van der Waals surface area contributed by atoms with Crippen molar-refractivity contribution in [3.8, 4) is 34.5 Å². The molecular weight excluding hydrogens is 368 g/mol. The molecule has 0 heterocycles. The van der Waals surface area contributed by atoms with Crippen LogP contribution < -0.4 is 0 Å². The smallest absolute Gasteiger partial charge is 0.201 e. The van der Waals surface area contributed by atoms with Crippen molar-refractivity contribution in [1.82, 2.24) is 0 Å². The van der Waals surface area contributed by atoms with E-state index in [1.807, 2.05) is 0 Å². The summed E-state index contributed by atoms with van der Waals surface area (Å²) in [7, 11) is 0. The Balaban J connectivity index is 2.12. The molecule has 0 unspecified atom stereocenters. The summed E-state index contributed by atoms with van der Waals surface area (Å²) in [5.74, 6) is -6.34. The Morgan fingerprint density at radius 3 is 1.18 bits per heavy atom. The standard InChI is InChI=1S/C20H14O8/c21-13-7-5-11(17(25)19(13)27)15(23)9-3-1-2-4-10(9)16(24)12-6-8-14(22)20(28)18(12)26/h1-8,21-22,25-28H. The minimum Gasteiger partial charge on any atom is -0.504 e. The number of phenols is 6. The number of hydrogen-bond acceptors (Lipinski definition) is 8. The number of ketones is 2. The molecule has 0 aromatic heterocycles. The molecule has 0 radical (unpaired) electrons. The van der Waals surface area contributed by atoms with Gasteiger partial charge in [-0.3, -0.25) is 9.59 Å². The number of benzene rings is 3. The van der Waals surface area contributed by atoms with Crippen LogP contribution in [0.3, 0.4) is 0 Å². The number of aromatic hydroxyl groups is 6. The fourth-order valence-corrected chi connectivity index (χ4v) is 2.67. The van der Waals surface area contributed by atoms with E-state index in [1.54, 1.807) is 0 Å². The molecule has 6 N–H and O–H groups in total. The van der Waals surface area contributed by atoms with Crippen molar-refractivity contribution >= 4 is 11.6 Å². The summed E-state index contributed by atoms with van der Waals surface area (Å²) < 4.78 is 0. The molecule has 0 fully saturated rings. The first kappa shape index (κ1) is 18.6. The van der Waals surface area contributed by atoms with Crippen LogP contribution in [0.25, 0.3) is 0 Å². The monoisotopic (exact) mass is 382 g/mol. The first-order chi connectivity index (χ1) is 13.2. The van der Waals surface area contributed by atoms with Crippen molar-refractivity contribution in [2.75, 3.05) is 0 Å². The van der Waals surface area contributed by atoms with Crippen LogP contribution in [-0.4, -0.2) is 42.2 Å². The average molecular weight is 382 g/mol. The second kappa shape index (κ2) is 6.84. The Morgan fingerprint density at radius 1 is 0.464 bits per heavy atom. The van der Waals surface area contributed by atoms with Gasteiger partial charge in [0.1, 0.15) is 0 Å². The van der Waals surface area contributed by atoms with E-state index in [0.717, 1.165) is 24.3 Å². The van der Waals surface area contributed by atoms with E-state index in [1.165, 1.54) is 24.3 Å². The lowest BCUT2D eigenvalue weighted by Gasteiger charge is -2.12. The van der Waals surface area contributed by atoms with Crippen LogP contribution in [0.1, 0.15) is 31.8 Å². The van der Waals surface area contributed by atoms with Crippen LogP contribution in [0.2, 0.25) is 0 Å². The van der Waals surface area contributed by atoms with Gasteiger partial charge in [0.2, 0.25) is 11.5 Å². The fourth-order valence-electron chi connectivity index (χ4n) is 2.67. The third-order valence-electron chi connectivity index (χ3n) is 4.17. The maximum Gasteiger partial charge on any atom is 0.201 e. The van der Waals surface area contributed by atoms with Crippen LogP contribution in [0, 0.1) is 0 Å². The molecule has 3 rings (SSSR count). The molecule has 0 spiro atoms. The molecule has 0 saturated heterocycles. The molecule has 28 heavy (non-hydrogen) atoms. The summed E-state index contributed by atoms with van der Waals surface area (Å²) >= 11 is 0. The van der Waals surface area contributed by atoms with E-state index in [0.29, 0.717) is 0 Å². The van der Waals surface area contributed by atoms with Gasteiger partial charge in [-0.25, -0.2) is 0 Å². The molecule has 0 aliphatic carbocycles. The number of carbonyl (C=O) groups excluding carboxylic acids is 2. The quantitative estimate of drug-likeness (QED) is 0.297. The molecule has 8 nitrogen and oxygen atoms in total. The van der Waals surface area contributed by atoms with Gasteiger partial charge in [-0.2, -0.15) is 0 Å². The van der Waals surface area contributed by atoms with Crippen LogP contribution in [0.5, 0.6) is 34.5 Å². The van der Waals surface area contributed by atoms with Crippen LogP contribution in [-0.2, 0) is 0 Å². The van der Waals surface area contributed by atoms with Crippen molar-refractivity contribution in [3.05, 3.63) is 70.8 Å². The second-order valence-corrected chi connectivity index (χ2v) is 5.86. The minimum absolute atomic E-state index is 0.153. The van der Waals surface area contributed by atoms with E-state index in [4.69, 9.17) is 0 Å². The highest BCUT2D eigenvalue weighted by Gasteiger charge is 2.25. The van der Waals surface area contributed by atoms with E-state index < -0.39 is 46.1 Å². The molecule has 0 aliphatic heterocycles. The van der Waals surface area contributed by atoms with Gasteiger partial charge in [-0.15, -0.1) is 0 Å². The Hall–Kier alpha value is -4.20. The summed E-state index contributed by atoms with van der Waals surface area (Å²) in [5.41, 5.74) is -1.01. The van der Waals surface area contributed by atoms with Crippen molar-refractivity contribution in [1.29, 1.82) is 0 Å². The first-order valence-corrected chi connectivity index (χ1v) is 7.90. The lowest BCUT2D eigenvalue weighted by Crippen LogP contribution is -2.11. The Bertz CT molecular complexity index is 1030. The van der Waals surface area contributed by atoms with Crippen molar-refractivity contribution < 1.29 is 40.2 Å². The number of carbonyl (C=O) groups is 2. The third-order valence-corrected chi connectivity index (χ3v) is 4.17. The largest absolute Gasteiger partial charge is 0.504 e. The zero-order valence-corrected chi connectivity index (χ0v) is 14.1. The first-order valence-electron chi connectivity index (χ1n) is 7.90. The number of rotatable bonds is 4. The molecule has 0 bridgehead atoms. The van der Waals surface area contributed by atoms with Crippen LogP contribution in [0.15, 0.2) is 48.5 Å².